The first kappa shape index (κ1) is 15.3. The first-order chi connectivity index (χ1) is 11.8. The molecule has 0 fully saturated rings. The molecule has 0 saturated carbocycles. The van der Waals surface area contributed by atoms with E-state index < -0.39 is 0 Å². The second-order valence-electron chi connectivity index (χ2n) is 4.80. The molecular formula is C15H12N6S3. The van der Waals surface area contributed by atoms with Crippen LogP contribution in [-0.4, -0.2) is 24.8 Å². The fraction of sp³-hybridized carbons (Fsp3) is 0.0667. The van der Waals surface area contributed by atoms with Crippen molar-refractivity contribution >= 4 is 34.4 Å². The number of pyridine rings is 1. The molecule has 4 aromatic heterocycles. The third-order valence-corrected chi connectivity index (χ3v) is 5.95. The standard InChI is InChI=1S/C15H12N6S3/c16-21-13(12-5-3-7-22-12)19-20-15(21)24-9-10-8-23-14(18-10)11-4-1-2-6-17-11/h1-8H,9,16H2. The topological polar surface area (TPSA) is 82.5 Å². The van der Waals surface area contributed by atoms with Crippen molar-refractivity contribution in [1.82, 2.24) is 24.8 Å². The van der Waals surface area contributed by atoms with E-state index in [1.54, 1.807) is 28.9 Å². The van der Waals surface area contributed by atoms with Gasteiger partial charge in [0, 0.05) is 17.3 Å². The Hall–Kier alpha value is -2.23. The molecule has 2 N–H and O–H groups in total. The molecule has 0 spiro atoms. The average Bonchev–Trinajstić information content (AvgIpc) is 3.35. The van der Waals surface area contributed by atoms with Crippen molar-refractivity contribution in [3.63, 3.8) is 0 Å². The highest BCUT2D eigenvalue weighted by Crippen LogP contribution is 2.28. The molecule has 0 aliphatic carbocycles. The SMILES string of the molecule is Nn1c(SCc2csc(-c3ccccn3)n2)nnc1-c1cccs1. The van der Waals surface area contributed by atoms with Crippen LogP contribution in [0.2, 0.25) is 0 Å². The van der Waals surface area contributed by atoms with Crippen LogP contribution >= 0.6 is 34.4 Å². The predicted octanol–water partition coefficient (Wildman–Crippen LogP) is 3.53. The van der Waals surface area contributed by atoms with Gasteiger partial charge in [-0.1, -0.05) is 23.9 Å². The minimum atomic E-state index is 0.672. The molecule has 0 aliphatic rings. The summed E-state index contributed by atoms with van der Waals surface area (Å²) in [7, 11) is 0. The molecule has 120 valence electrons. The van der Waals surface area contributed by atoms with Crippen molar-refractivity contribution in [3.8, 4) is 21.4 Å². The summed E-state index contributed by atoms with van der Waals surface area (Å²) in [5, 5.41) is 14.0. The van der Waals surface area contributed by atoms with Crippen molar-refractivity contribution in [2.24, 2.45) is 0 Å². The highest BCUT2D eigenvalue weighted by atomic mass is 32.2. The fourth-order valence-corrected chi connectivity index (χ4v) is 4.42. The summed E-state index contributed by atoms with van der Waals surface area (Å²) < 4.78 is 1.53. The molecule has 9 heteroatoms. The zero-order valence-corrected chi connectivity index (χ0v) is 14.8. The van der Waals surface area contributed by atoms with Crippen molar-refractivity contribution < 1.29 is 0 Å². The van der Waals surface area contributed by atoms with E-state index in [0.29, 0.717) is 16.7 Å². The third kappa shape index (κ3) is 3.05. The van der Waals surface area contributed by atoms with E-state index >= 15 is 0 Å². The quantitative estimate of drug-likeness (QED) is 0.426. The molecule has 4 aromatic rings. The molecule has 0 bridgehead atoms. The Morgan fingerprint density at radius 2 is 2.08 bits per heavy atom. The second kappa shape index (κ2) is 6.71. The molecule has 0 atom stereocenters. The Kier molecular flexibility index (Phi) is 4.28. The van der Waals surface area contributed by atoms with Gasteiger partial charge in [-0.05, 0) is 23.6 Å². The Morgan fingerprint density at radius 1 is 1.12 bits per heavy atom. The van der Waals surface area contributed by atoms with Crippen LogP contribution in [0.3, 0.4) is 0 Å². The molecular weight excluding hydrogens is 360 g/mol. The predicted molar refractivity (Wildman–Crippen MR) is 98.4 cm³/mol. The van der Waals surface area contributed by atoms with Gasteiger partial charge in [-0.25, -0.2) is 9.66 Å². The van der Waals surface area contributed by atoms with Gasteiger partial charge in [-0.3, -0.25) is 4.98 Å². The van der Waals surface area contributed by atoms with E-state index in [1.165, 1.54) is 16.4 Å². The van der Waals surface area contributed by atoms with Gasteiger partial charge < -0.3 is 5.84 Å². The maximum Gasteiger partial charge on any atom is 0.210 e. The van der Waals surface area contributed by atoms with E-state index in [4.69, 9.17) is 5.84 Å². The van der Waals surface area contributed by atoms with E-state index in [0.717, 1.165) is 21.3 Å². The van der Waals surface area contributed by atoms with Gasteiger partial charge in [0.05, 0.1) is 16.3 Å². The van der Waals surface area contributed by atoms with Gasteiger partial charge in [0.2, 0.25) is 5.16 Å². The Bertz CT molecular complexity index is 929. The molecule has 0 saturated heterocycles. The smallest absolute Gasteiger partial charge is 0.210 e. The summed E-state index contributed by atoms with van der Waals surface area (Å²) in [6.07, 6.45) is 1.77. The van der Waals surface area contributed by atoms with Crippen LogP contribution in [0, 0.1) is 0 Å². The number of thiazole rings is 1. The van der Waals surface area contributed by atoms with Gasteiger partial charge >= 0.3 is 0 Å². The van der Waals surface area contributed by atoms with Crippen LogP contribution in [0.1, 0.15) is 5.69 Å². The van der Waals surface area contributed by atoms with Crippen molar-refractivity contribution in [2.75, 3.05) is 5.84 Å². The zero-order chi connectivity index (χ0) is 16.4. The molecule has 6 nitrogen and oxygen atoms in total. The Balaban J connectivity index is 1.47. The number of aromatic nitrogens is 5. The lowest BCUT2D eigenvalue weighted by atomic mass is 10.4. The van der Waals surface area contributed by atoms with Crippen LogP contribution in [0.5, 0.6) is 0 Å². The second-order valence-corrected chi connectivity index (χ2v) is 7.55. The Morgan fingerprint density at radius 3 is 2.88 bits per heavy atom. The molecule has 0 aliphatic heterocycles. The first-order valence-electron chi connectivity index (χ1n) is 7.04. The summed E-state index contributed by atoms with van der Waals surface area (Å²) in [5.41, 5.74) is 1.87. The monoisotopic (exact) mass is 372 g/mol. The number of rotatable bonds is 5. The Labute approximate surface area is 150 Å². The summed E-state index contributed by atoms with van der Waals surface area (Å²) >= 11 is 4.69. The van der Waals surface area contributed by atoms with Gasteiger partial charge in [0.1, 0.15) is 5.01 Å². The number of nitrogen functional groups attached to an aromatic ring is 1. The highest BCUT2D eigenvalue weighted by Gasteiger charge is 2.14. The lowest BCUT2D eigenvalue weighted by Gasteiger charge is -2.01. The summed E-state index contributed by atoms with van der Waals surface area (Å²) in [6, 6.07) is 9.76. The minimum absolute atomic E-state index is 0.672. The van der Waals surface area contributed by atoms with Crippen LogP contribution in [-0.2, 0) is 5.75 Å². The van der Waals surface area contributed by atoms with Gasteiger partial charge in [-0.15, -0.1) is 32.9 Å². The minimum Gasteiger partial charge on any atom is -0.335 e. The number of thioether (sulfide) groups is 1. The third-order valence-electron chi connectivity index (χ3n) is 3.19. The van der Waals surface area contributed by atoms with Crippen molar-refractivity contribution in [3.05, 3.63) is 53.0 Å². The van der Waals surface area contributed by atoms with Crippen LogP contribution < -0.4 is 5.84 Å². The lowest BCUT2D eigenvalue weighted by molar-refractivity contribution is 0.850. The maximum absolute atomic E-state index is 6.10. The number of hydrogen-bond acceptors (Lipinski definition) is 8. The maximum atomic E-state index is 6.10. The first-order valence-corrected chi connectivity index (χ1v) is 9.79. The zero-order valence-electron chi connectivity index (χ0n) is 12.4. The molecule has 0 aromatic carbocycles. The van der Waals surface area contributed by atoms with E-state index in [-0.39, 0.29) is 0 Å². The summed E-state index contributed by atoms with van der Waals surface area (Å²) in [4.78, 5) is 9.95. The largest absolute Gasteiger partial charge is 0.335 e. The number of nitrogens with two attached hydrogens (primary N) is 1. The average molecular weight is 373 g/mol. The van der Waals surface area contributed by atoms with Crippen molar-refractivity contribution in [1.29, 1.82) is 0 Å². The molecule has 0 amide bonds. The highest BCUT2D eigenvalue weighted by molar-refractivity contribution is 7.98. The van der Waals surface area contributed by atoms with Gasteiger partial charge in [0.15, 0.2) is 5.82 Å². The normalized spacial score (nSPS) is 11.0. The molecule has 4 rings (SSSR count). The van der Waals surface area contributed by atoms with E-state index in [9.17, 15) is 0 Å². The van der Waals surface area contributed by atoms with Crippen LogP contribution in [0.25, 0.3) is 21.4 Å². The number of thiophene rings is 1. The number of nitrogens with zero attached hydrogens (tertiary/aromatic N) is 5. The van der Waals surface area contributed by atoms with E-state index in [1.807, 2.05) is 41.1 Å². The molecule has 4 heterocycles. The fourth-order valence-electron chi connectivity index (χ4n) is 2.07. The van der Waals surface area contributed by atoms with Crippen molar-refractivity contribution in [2.45, 2.75) is 10.9 Å². The summed E-state index contributed by atoms with van der Waals surface area (Å²) in [6.45, 7) is 0. The summed E-state index contributed by atoms with van der Waals surface area (Å²) in [5.74, 6) is 7.47. The van der Waals surface area contributed by atoms with Gasteiger partial charge in [0.25, 0.3) is 0 Å². The molecule has 0 radical (unpaired) electrons. The van der Waals surface area contributed by atoms with E-state index in [2.05, 4.69) is 20.2 Å². The van der Waals surface area contributed by atoms with Crippen LogP contribution in [0.4, 0.5) is 0 Å². The molecule has 0 unspecified atom stereocenters. The number of hydrogen-bond donors (Lipinski definition) is 1. The lowest BCUT2D eigenvalue weighted by Crippen LogP contribution is -2.11. The molecule has 24 heavy (non-hydrogen) atoms. The van der Waals surface area contributed by atoms with Gasteiger partial charge in [-0.2, -0.15) is 0 Å². The van der Waals surface area contributed by atoms with Crippen LogP contribution in [0.15, 0.2) is 52.4 Å².